The molecule has 100 valence electrons. The maximum atomic E-state index is 9.26. The maximum Gasteiger partial charge on any atom is 0.116 e. The molecule has 0 aliphatic heterocycles. The van der Waals surface area contributed by atoms with Gasteiger partial charge in [-0.1, -0.05) is 13.8 Å². The summed E-state index contributed by atoms with van der Waals surface area (Å²) in [6.07, 6.45) is 1.04. The lowest BCUT2D eigenvalue weighted by atomic mass is 10.0. The summed E-state index contributed by atoms with van der Waals surface area (Å²) in [6.45, 7) is 13.1. The number of ether oxygens (including phenoxy) is 1. The Bertz CT molecular complexity index is 227. The zero-order valence-corrected chi connectivity index (χ0v) is 11.8. The predicted molar refractivity (Wildman–Crippen MR) is 70.9 cm³/mol. The Balaban J connectivity index is 4.16. The van der Waals surface area contributed by atoms with Crippen LogP contribution in [0, 0.1) is 11.3 Å². The van der Waals surface area contributed by atoms with Gasteiger partial charge in [0.25, 0.3) is 0 Å². The second-order valence-corrected chi connectivity index (χ2v) is 4.44. The Morgan fingerprint density at radius 2 is 2.06 bits per heavy atom. The lowest BCUT2D eigenvalue weighted by molar-refractivity contribution is 0.107. The summed E-state index contributed by atoms with van der Waals surface area (Å²) >= 11 is 0. The second kappa shape index (κ2) is 9.41. The molecular weight excluding hydrogens is 214 g/mol. The fourth-order valence-electron chi connectivity index (χ4n) is 1.67. The molecule has 1 unspecified atom stereocenters. The van der Waals surface area contributed by atoms with Crippen LogP contribution in [0.5, 0.6) is 0 Å². The molecule has 0 aliphatic rings. The van der Waals surface area contributed by atoms with Gasteiger partial charge in [-0.05, 0) is 33.4 Å². The van der Waals surface area contributed by atoms with Crippen LogP contribution >= 0.6 is 0 Å². The largest absolute Gasteiger partial charge is 0.380 e. The molecule has 4 heteroatoms. The first-order valence-electron chi connectivity index (χ1n) is 6.58. The summed E-state index contributed by atoms with van der Waals surface area (Å²) in [5.74, 6) is 0. The van der Waals surface area contributed by atoms with Gasteiger partial charge in [0, 0.05) is 19.7 Å². The van der Waals surface area contributed by atoms with Crippen molar-refractivity contribution in [1.29, 1.82) is 5.26 Å². The van der Waals surface area contributed by atoms with E-state index < -0.39 is 5.54 Å². The molecule has 0 spiro atoms. The molecule has 0 rings (SSSR count). The van der Waals surface area contributed by atoms with Crippen molar-refractivity contribution < 1.29 is 4.74 Å². The molecule has 0 radical (unpaired) electrons. The zero-order valence-electron chi connectivity index (χ0n) is 11.8. The first kappa shape index (κ1) is 16.4. The van der Waals surface area contributed by atoms with Crippen molar-refractivity contribution in [3.05, 3.63) is 0 Å². The number of nitriles is 1. The van der Waals surface area contributed by atoms with Crippen molar-refractivity contribution in [2.75, 3.05) is 39.4 Å². The van der Waals surface area contributed by atoms with E-state index >= 15 is 0 Å². The third kappa shape index (κ3) is 7.32. The minimum Gasteiger partial charge on any atom is -0.380 e. The molecule has 4 nitrogen and oxygen atoms in total. The topological polar surface area (TPSA) is 48.3 Å². The first-order valence-corrected chi connectivity index (χ1v) is 6.58. The summed E-state index contributed by atoms with van der Waals surface area (Å²) < 4.78 is 5.35. The Kier molecular flexibility index (Phi) is 9.06. The number of likely N-dealkylation sites (N-methyl/N-ethyl adjacent to an activating group) is 1. The van der Waals surface area contributed by atoms with Gasteiger partial charge in [0.1, 0.15) is 5.54 Å². The van der Waals surface area contributed by atoms with Gasteiger partial charge in [-0.25, -0.2) is 0 Å². The Morgan fingerprint density at radius 3 is 2.53 bits per heavy atom. The molecule has 0 bridgehead atoms. The minimum absolute atomic E-state index is 0.460. The van der Waals surface area contributed by atoms with Gasteiger partial charge in [0.15, 0.2) is 0 Å². The second-order valence-electron chi connectivity index (χ2n) is 4.44. The van der Waals surface area contributed by atoms with Crippen molar-refractivity contribution in [3.8, 4) is 6.07 Å². The number of hydrogen-bond donors (Lipinski definition) is 1. The maximum absolute atomic E-state index is 9.26. The number of nitrogens with one attached hydrogen (secondary N) is 1. The van der Waals surface area contributed by atoms with Gasteiger partial charge in [0.2, 0.25) is 0 Å². The molecule has 0 aromatic carbocycles. The van der Waals surface area contributed by atoms with E-state index in [2.05, 4.69) is 30.1 Å². The average molecular weight is 241 g/mol. The van der Waals surface area contributed by atoms with E-state index in [1.54, 1.807) is 0 Å². The molecule has 0 amide bonds. The van der Waals surface area contributed by atoms with Crippen LogP contribution in [-0.4, -0.2) is 49.8 Å². The highest BCUT2D eigenvalue weighted by Crippen LogP contribution is 2.05. The molecule has 0 aromatic rings. The molecule has 0 aromatic heterocycles. The van der Waals surface area contributed by atoms with Crippen molar-refractivity contribution in [2.45, 2.75) is 39.7 Å². The van der Waals surface area contributed by atoms with Crippen LogP contribution in [0.4, 0.5) is 0 Å². The SMILES string of the molecule is CCCNC(C)(C#N)CN(CC)CCOCC. The number of rotatable bonds is 10. The molecule has 17 heavy (non-hydrogen) atoms. The number of nitrogens with zero attached hydrogens (tertiary/aromatic N) is 2. The van der Waals surface area contributed by atoms with Crippen LogP contribution < -0.4 is 5.32 Å². The van der Waals surface area contributed by atoms with Crippen molar-refractivity contribution >= 4 is 0 Å². The lowest BCUT2D eigenvalue weighted by Gasteiger charge is -2.30. The Morgan fingerprint density at radius 1 is 1.35 bits per heavy atom. The monoisotopic (exact) mass is 241 g/mol. The third-order valence-electron chi connectivity index (χ3n) is 2.75. The van der Waals surface area contributed by atoms with Gasteiger partial charge in [-0.2, -0.15) is 5.26 Å². The first-order chi connectivity index (χ1) is 8.11. The van der Waals surface area contributed by atoms with E-state index in [-0.39, 0.29) is 0 Å². The van der Waals surface area contributed by atoms with Gasteiger partial charge in [0.05, 0.1) is 12.7 Å². The van der Waals surface area contributed by atoms with E-state index in [0.29, 0.717) is 0 Å². The highest BCUT2D eigenvalue weighted by atomic mass is 16.5. The van der Waals surface area contributed by atoms with Crippen LogP contribution in [0.15, 0.2) is 0 Å². The van der Waals surface area contributed by atoms with Crippen molar-refractivity contribution in [3.63, 3.8) is 0 Å². The highest BCUT2D eigenvalue weighted by Gasteiger charge is 2.25. The predicted octanol–water partition coefficient (Wildman–Crippen LogP) is 1.63. The summed E-state index contributed by atoms with van der Waals surface area (Å²) in [5, 5.41) is 12.6. The summed E-state index contributed by atoms with van der Waals surface area (Å²) in [7, 11) is 0. The van der Waals surface area contributed by atoms with E-state index in [4.69, 9.17) is 4.74 Å². The number of hydrogen-bond acceptors (Lipinski definition) is 4. The Labute approximate surface area is 106 Å². The third-order valence-corrected chi connectivity index (χ3v) is 2.75. The molecule has 1 atom stereocenters. The highest BCUT2D eigenvalue weighted by molar-refractivity contribution is 5.05. The van der Waals surface area contributed by atoms with Gasteiger partial charge in [-0.3, -0.25) is 10.2 Å². The smallest absolute Gasteiger partial charge is 0.116 e. The molecule has 1 N–H and O–H groups in total. The normalized spacial score (nSPS) is 14.6. The minimum atomic E-state index is -0.460. The quantitative estimate of drug-likeness (QED) is 0.591. The van der Waals surface area contributed by atoms with Crippen LogP contribution in [0.2, 0.25) is 0 Å². The summed E-state index contributed by atoms with van der Waals surface area (Å²) in [4.78, 5) is 2.25. The molecule has 0 fully saturated rings. The fourth-order valence-corrected chi connectivity index (χ4v) is 1.67. The standard InChI is InChI=1S/C13H27N3O/c1-5-8-15-13(4,11-14)12-16(6-2)9-10-17-7-3/h15H,5-10,12H2,1-4H3. The van der Waals surface area contributed by atoms with E-state index in [1.165, 1.54) is 0 Å². The molecular formula is C13H27N3O. The molecule has 0 saturated heterocycles. The van der Waals surface area contributed by atoms with E-state index in [9.17, 15) is 5.26 Å². The zero-order chi connectivity index (χ0) is 13.1. The van der Waals surface area contributed by atoms with Gasteiger partial charge >= 0.3 is 0 Å². The van der Waals surface area contributed by atoms with Crippen molar-refractivity contribution in [2.24, 2.45) is 0 Å². The summed E-state index contributed by atoms with van der Waals surface area (Å²) in [6, 6.07) is 2.37. The van der Waals surface area contributed by atoms with Crippen LogP contribution in [-0.2, 0) is 4.74 Å². The van der Waals surface area contributed by atoms with Crippen LogP contribution in [0.1, 0.15) is 34.1 Å². The molecule has 0 heterocycles. The van der Waals surface area contributed by atoms with Crippen LogP contribution in [0.3, 0.4) is 0 Å². The van der Waals surface area contributed by atoms with Gasteiger partial charge in [-0.15, -0.1) is 0 Å². The van der Waals surface area contributed by atoms with E-state index in [1.807, 2.05) is 13.8 Å². The molecule has 0 aliphatic carbocycles. The lowest BCUT2D eigenvalue weighted by Crippen LogP contribution is -2.51. The summed E-state index contributed by atoms with van der Waals surface area (Å²) in [5.41, 5.74) is -0.460. The fraction of sp³-hybridized carbons (Fsp3) is 0.923. The Hall–Kier alpha value is -0.630. The van der Waals surface area contributed by atoms with E-state index in [0.717, 1.165) is 45.8 Å². The van der Waals surface area contributed by atoms with Crippen LogP contribution in [0.25, 0.3) is 0 Å². The average Bonchev–Trinajstić information content (AvgIpc) is 2.35. The molecule has 0 saturated carbocycles. The van der Waals surface area contributed by atoms with Gasteiger partial charge < -0.3 is 4.74 Å². The van der Waals surface area contributed by atoms with Crippen molar-refractivity contribution in [1.82, 2.24) is 10.2 Å².